The van der Waals surface area contributed by atoms with E-state index in [0.29, 0.717) is 6.54 Å². The van der Waals surface area contributed by atoms with Crippen LogP contribution in [0.1, 0.15) is 35.7 Å². The third kappa shape index (κ3) is 2.89. The summed E-state index contributed by atoms with van der Waals surface area (Å²) in [7, 11) is 1.63. The molecule has 0 heterocycles. The average Bonchev–Trinajstić information content (AvgIpc) is 3.20. The number of nitrogens with one attached hydrogen (secondary N) is 1. The third-order valence-electron chi connectivity index (χ3n) is 3.37. The molecule has 0 radical (unpaired) electrons. The van der Waals surface area contributed by atoms with Gasteiger partial charge in [-0.1, -0.05) is 6.07 Å². The summed E-state index contributed by atoms with van der Waals surface area (Å²) in [6.07, 6.45) is -2.65. The maximum atomic E-state index is 13.0. The first kappa shape index (κ1) is 14.7. The molecular weight excluding hydrogens is 269 g/mol. The third-order valence-corrected chi connectivity index (χ3v) is 3.37. The first-order chi connectivity index (χ1) is 9.36. The normalized spacial score (nSPS) is 15.1. The van der Waals surface area contributed by atoms with E-state index >= 15 is 0 Å². The standard InChI is InChI=1S/C14H17F3N2O/c1-3-18-12-10(13(20)19(2)9-7-8-9)5-4-6-11(12)14(15,16)17/h4-6,9,18H,3,7-8H2,1-2H3. The van der Waals surface area contributed by atoms with Gasteiger partial charge in [0.05, 0.1) is 16.8 Å². The van der Waals surface area contributed by atoms with Crippen molar-refractivity contribution in [3.8, 4) is 0 Å². The second kappa shape index (κ2) is 5.34. The van der Waals surface area contributed by atoms with Crippen molar-refractivity contribution < 1.29 is 18.0 Å². The zero-order valence-corrected chi connectivity index (χ0v) is 11.4. The first-order valence-corrected chi connectivity index (χ1v) is 6.57. The minimum Gasteiger partial charge on any atom is -0.384 e. The lowest BCUT2D eigenvalue weighted by molar-refractivity contribution is -0.137. The molecule has 1 amide bonds. The molecular formula is C14H17F3N2O. The predicted molar refractivity (Wildman–Crippen MR) is 70.7 cm³/mol. The van der Waals surface area contributed by atoms with E-state index in [2.05, 4.69) is 5.32 Å². The zero-order chi connectivity index (χ0) is 14.9. The Hall–Kier alpha value is -1.72. The highest BCUT2D eigenvalue weighted by atomic mass is 19.4. The number of rotatable bonds is 4. The Morgan fingerprint density at radius 3 is 2.55 bits per heavy atom. The minimum atomic E-state index is -4.48. The van der Waals surface area contributed by atoms with Crippen LogP contribution < -0.4 is 5.32 Å². The molecule has 0 unspecified atom stereocenters. The SMILES string of the molecule is CCNc1c(C(=O)N(C)C2CC2)cccc1C(F)(F)F. The summed E-state index contributed by atoms with van der Waals surface area (Å²) < 4.78 is 39.1. The Kier molecular flexibility index (Phi) is 3.92. The van der Waals surface area contributed by atoms with E-state index in [4.69, 9.17) is 0 Å². The molecule has 1 N–H and O–H groups in total. The van der Waals surface area contributed by atoms with Crippen LogP contribution in [0.3, 0.4) is 0 Å². The maximum absolute atomic E-state index is 13.0. The van der Waals surface area contributed by atoms with Crippen LogP contribution in [0.4, 0.5) is 18.9 Å². The summed E-state index contributed by atoms with van der Waals surface area (Å²) in [4.78, 5) is 13.8. The van der Waals surface area contributed by atoms with E-state index in [9.17, 15) is 18.0 Å². The predicted octanol–water partition coefficient (Wildman–Crippen LogP) is 3.37. The molecule has 20 heavy (non-hydrogen) atoms. The van der Waals surface area contributed by atoms with Crippen molar-refractivity contribution in [2.24, 2.45) is 0 Å². The number of alkyl halides is 3. The molecule has 0 atom stereocenters. The van der Waals surface area contributed by atoms with Crippen molar-refractivity contribution in [1.29, 1.82) is 0 Å². The minimum absolute atomic E-state index is 0.0797. The molecule has 3 nitrogen and oxygen atoms in total. The number of carbonyl (C=O) groups is 1. The van der Waals surface area contributed by atoms with E-state index in [1.165, 1.54) is 17.0 Å². The van der Waals surface area contributed by atoms with Crippen LogP contribution in [-0.4, -0.2) is 30.4 Å². The van der Waals surface area contributed by atoms with Gasteiger partial charge in [0.25, 0.3) is 5.91 Å². The van der Waals surface area contributed by atoms with Gasteiger partial charge in [-0.15, -0.1) is 0 Å². The number of hydrogen-bond acceptors (Lipinski definition) is 2. The highest BCUT2D eigenvalue weighted by Gasteiger charge is 2.37. The van der Waals surface area contributed by atoms with Gasteiger partial charge in [-0.05, 0) is 31.9 Å². The molecule has 0 aliphatic heterocycles. The number of hydrogen-bond donors (Lipinski definition) is 1. The molecule has 1 aliphatic carbocycles. The van der Waals surface area contributed by atoms with Crippen molar-refractivity contribution in [3.63, 3.8) is 0 Å². The molecule has 110 valence electrons. The molecule has 0 bridgehead atoms. The van der Waals surface area contributed by atoms with Crippen LogP contribution in [0.2, 0.25) is 0 Å². The number of amides is 1. The van der Waals surface area contributed by atoms with Gasteiger partial charge in [0.1, 0.15) is 0 Å². The fraction of sp³-hybridized carbons (Fsp3) is 0.500. The molecule has 1 saturated carbocycles. The second-order valence-electron chi connectivity index (χ2n) is 4.90. The quantitative estimate of drug-likeness (QED) is 0.920. The van der Waals surface area contributed by atoms with Gasteiger partial charge in [0.2, 0.25) is 0 Å². The number of para-hydroxylation sites is 1. The summed E-state index contributed by atoms with van der Waals surface area (Å²) in [6.45, 7) is 2.02. The summed E-state index contributed by atoms with van der Waals surface area (Å²) in [5, 5.41) is 2.68. The summed E-state index contributed by atoms with van der Waals surface area (Å²) in [6, 6.07) is 3.87. The summed E-state index contributed by atoms with van der Waals surface area (Å²) in [5.74, 6) is -0.366. The summed E-state index contributed by atoms with van der Waals surface area (Å²) in [5.41, 5.74) is -0.842. The topological polar surface area (TPSA) is 32.3 Å². The van der Waals surface area contributed by atoms with E-state index in [1.54, 1.807) is 14.0 Å². The van der Waals surface area contributed by atoms with E-state index in [-0.39, 0.29) is 23.2 Å². The molecule has 1 fully saturated rings. The maximum Gasteiger partial charge on any atom is 0.418 e. The van der Waals surface area contributed by atoms with Crippen molar-refractivity contribution in [2.45, 2.75) is 32.0 Å². The Morgan fingerprint density at radius 1 is 1.40 bits per heavy atom. The van der Waals surface area contributed by atoms with Gasteiger partial charge >= 0.3 is 6.18 Å². The monoisotopic (exact) mass is 286 g/mol. The smallest absolute Gasteiger partial charge is 0.384 e. The molecule has 0 saturated heterocycles. The van der Waals surface area contributed by atoms with Crippen LogP contribution in [0.5, 0.6) is 0 Å². The first-order valence-electron chi connectivity index (χ1n) is 6.57. The van der Waals surface area contributed by atoms with Crippen LogP contribution in [0.15, 0.2) is 18.2 Å². The van der Waals surface area contributed by atoms with E-state index in [1.807, 2.05) is 0 Å². The van der Waals surface area contributed by atoms with Crippen molar-refractivity contribution in [2.75, 3.05) is 18.9 Å². The Bertz CT molecular complexity index is 510. The Morgan fingerprint density at radius 2 is 2.05 bits per heavy atom. The Labute approximate surface area is 115 Å². The van der Waals surface area contributed by atoms with Gasteiger partial charge in [0, 0.05) is 19.6 Å². The lowest BCUT2D eigenvalue weighted by Crippen LogP contribution is -2.30. The van der Waals surface area contributed by atoms with Crippen molar-refractivity contribution >= 4 is 11.6 Å². The molecule has 0 aromatic heterocycles. The second-order valence-corrected chi connectivity index (χ2v) is 4.90. The number of nitrogens with zero attached hydrogens (tertiary/aromatic N) is 1. The number of carbonyl (C=O) groups excluding carboxylic acids is 1. The van der Waals surface area contributed by atoms with Crippen LogP contribution in [-0.2, 0) is 6.18 Å². The highest BCUT2D eigenvalue weighted by molar-refractivity contribution is 6.00. The molecule has 1 aromatic rings. The van der Waals surface area contributed by atoms with Crippen LogP contribution >= 0.6 is 0 Å². The summed E-state index contributed by atoms with van der Waals surface area (Å²) >= 11 is 0. The number of halogens is 3. The largest absolute Gasteiger partial charge is 0.418 e. The molecule has 1 aromatic carbocycles. The van der Waals surface area contributed by atoms with Gasteiger partial charge in [-0.25, -0.2) is 0 Å². The fourth-order valence-corrected chi connectivity index (χ4v) is 2.15. The van der Waals surface area contributed by atoms with Gasteiger partial charge in [0.15, 0.2) is 0 Å². The average molecular weight is 286 g/mol. The molecule has 2 rings (SSSR count). The lowest BCUT2D eigenvalue weighted by Gasteiger charge is -2.21. The van der Waals surface area contributed by atoms with E-state index in [0.717, 1.165) is 18.9 Å². The van der Waals surface area contributed by atoms with Gasteiger partial charge < -0.3 is 10.2 Å². The molecule has 6 heteroatoms. The van der Waals surface area contributed by atoms with Gasteiger partial charge in [-0.3, -0.25) is 4.79 Å². The van der Waals surface area contributed by atoms with Crippen LogP contribution in [0.25, 0.3) is 0 Å². The van der Waals surface area contributed by atoms with Crippen LogP contribution in [0, 0.1) is 0 Å². The molecule has 1 aliphatic rings. The lowest BCUT2D eigenvalue weighted by atomic mass is 10.0. The fourth-order valence-electron chi connectivity index (χ4n) is 2.15. The van der Waals surface area contributed by atoms with Crippen molar-refractivity contribution in [3.05, 3.63) is 29.3 Å². The van der Waals surface area contributed by atoms with Gasteiger partial charge in [-0.2, -0.15) is 13.2 Å². The molecule has 0 spiro atoms. The zero-order valence-electron chi connectivity index (χ0n) is 11.4. The number of anilines is 1. The van der Waals surface area contributed by atoms with E-state index < -0.39 is 11.7 Å². The Balaban J connectivity index is 2.43. The highest BCUT2D eigenvalue weighted by Crippen LogP contribution is 2.37. The van der Waals surface area contributed by atoms with Crippen molar-refractivity contribution in [1.82, 2.24) is 4.90 Å². The number of benzene rings is 1.